The van der Waals surface area contributed by atoms with Gasteiger partial charge in [0, 0.05) is 6.54 Å². The van der Waals surface area contributed by atoms with Crippen molar-refractivity contribution in [1.29, 1.82) is 0 Å². The van der Waals surface area contributed by atoms with Crippen LogP contribution < -0.4 is 10.1 Å². The Labute approximate surface area is 109 Å². The Hall–Kier alpha value is -0.670. The monoisotopic (exact) mass is 253 g/mol. The first kappa shape index (κ1) is 14.4. The number of rotatable bonds is 8. The van der Waals surface area contributed by atoms with Gasteiger partial charge in [0.2, 0.25) is 0 Å². The van der Waals surface area contributed by atoms with Crippen LogP contribution in [0.2, 0.25) is 0 Å². The molecular weight excluding hydrogens is 230 g/mol. The highest BCUT2D eigenvalue weighted by Crippen LogP contribution is 2.14. The maximum Gasteiger partial charge on any atom is 0.120 e. The molecule has 0 radical (unpaired) electrons. The van der Waals surface area contributed by atoms with Crippen molar-refractivity contribution in [1.82, 2.24) is 5.32 Å². The third-order valence-corrected chi connectivity index (χ3v) is 3.00. The van der Waals surface area contributed by atoms with Crippen LogP contribution in [0.4, 0.5) is 0 Å². The lowest BCUT2D eigenvalue weighted by atomic mass is 10.2. The van der Waals surface area contributed by atoms with Gasteiger partial charge >= 0.3 is 0 Å². The molecular formula is C14H23NOS. The van der Waals surface area contributed by atoms with Gasteiger partial charge in [0.05, 0.1) is 6.10 Å². The molecule has 0 bridgehead atoms. The molecule has 0 aliphatic rings. The van der Waals surface area contributed by atoms with E-state index in [0.29, 0.717) is 0 Å². The lowest BCUT2D eigenvalue weighted by Crippen LogP contribution is -2.15. The molecule has 0 aliphatic carbocycles. The Morgan fingerprint density at radius 2 is 2.18 bits per heavy atom. The molecule has 96 valence electrons. The molecule has 0 atom stereocenters. The molecule has 0 aromatic heterocycles. The molecule has 0 amide bonds. The Bertz CT molecular complexity index is 315. The molecule has 0 heterocycles. The predicted molar refractivity (Wildman–Crippen MR) is 76.9 cm³/mol. The second-order valence-electron chi connectivity index (χ2n) is 4.34. The maximum atomic E-state index is 5.67. The normalized spacial score (nSPS) is 10.8. The minimum Gasteiger partial charge on any atom is -0.491 e. The van der Waals surface area contributed by atoms with Gasteiger partial charge in [0.25, 0.3) is 0 Å². The summed E-state index contributed by atoms with van der Waals surface area (Å²) < 4.78 is 5.67. The average Bonchev–Trinajstić information content (AvgIpc) is 2.28. The van der Waals surface area contributed by atoms with Crippen LogP contribution in [0, 0.1) is 0 Å². The molecule has 0 fully saturated rings. The van der Waals surface area contributed by atoms with E-state index in [2.05, 4.69) is 29.8 Å². The Balaban J connectivity index is 2.32. The molecule has 1 N–H and O–H groups in total. The SMILES string of the molecule is CSCCCNCc1cccc(OC(C)C)c1. The standard InChI is InChI=1S/C14H23NOS/c1-12(2)16-14-7-4-6-13(10-14)11-15-8-5-9-17-3/h4,6-7,10,12,15H,5,8-9,11H2,1-3H3. The van der Waals surface area contributed by atoms with Gasteiger partial charge in [-0.15, -0.1) is 0 Å². The van der Waals surface area contributed by atoms with Crippen LogP contribution in [0.15, 0.2) is 24.3 Å². The second-order valence-corrected chi connectivity index (χ2v) is 5.32. The molecule has 3 heteroatoms. The maximum absolute atomic E-state index is 5.67. The van der Waals surface area contributed by atoms with E-state index in [-0.39, 0.29) is 6.10 Å². The van der Waals surface area contributed by atoms with Crippen molar-refractivity contribution >= 4 is 11.8 Å². The summed E-state index contributed by atoms with van der Waals surface area (Å²) in [6.45, 7) is 6.10. The van der Waals surface area contributed by atoms with Crippen LogP contribution in [0.25, 0.3) is 0 Å². The molecule has 0 saturated carbocycles. The molecule has 0 saturated heterocycles. The third kappa shape index (κ3) is 6.59. The van der Waals surface area contributed by atoms with Crippen LogP contribution in [-0.4, -0.2) is 24.7 Å². The van der Waals surface area contributed by atoms with Gasteiger partial charge in [-0.25, -0.2) is 0 Å². The third-order valence-electron chi connectivity index (χ3n) is 2.30. The van der Waals surface area contributed by atoms with Crippen molar-refractivity contribution < 1.29 is 4.74 Å². The highest BCUT2D eigenvalue weighted by Gasteiger charge is 1.99. The number of ether oxygens (including phenoxy) is 1. The highest BCUT2D eigenvalue weighted by molar-refractivity contribution is 7.98. The van der Waals surface area contributed by atoms with E-state index in [1.54, 1.807) is 0 Å². The van der Waals surface area contributed by atoms with E-state index >= 15 is 0 Å². The minimum absolute atomic E-state index is 0.236. The van der Waals surface area contributed by atoms with Gasteiger partial charge in [-0.05, 0) is 56.5 Å². The van der Waals surface area contributed by atoms with E-state index in [1.165, 1.54) is 17.7 Å². The zero-order valence-electron chi connectivity index (χ0n) is 11.0. The quantitative estimate of drug-likeness (QED) is 0.718. The van der Waals surface area contributed by atoms with Crippen LogP contribution in [0.1, 0.15) is 25.8 Å². The van der Waals surface area contributed by atoms with Gasteiger partial charge in [-0.3, -0.25) is 0 Å². The van der Waals surface area contributed by atoms with Crippen LogP contribution >= 0.6 is 11.8 Å². The molecule has 1 rings (SSSR count). The summed E-state index contributed by atoms with van der Waals surface area (Å²) in [5.74, 6) is 2.19. The number of nitrogens with one attached hydrogen (secondary N) is 1. The van der Waals surface area contributed by atoms with E-state index in [1.807, 2.05) is 31.7 Å². The summed E-state index contributed by atoms with van der Waals surface area (Å²) in [6.07, 6.45) is 3.61. The summed E-state index contributed by atoms with van der Waals surface area (Å²) >= 11 is 1.90. The molecule has 0 spiro atoms. The van der Waals surface area contributed by atoms with Crippen molar-refractivity contribution in [3.05, 3.63) is 29.8 Å². The first-order chi connectivity index (χ1) is 8.22. The molecule has 1 aromatic carbocycles. The van der Waals surface area contributed by atoms with Gasteiger partial charge in [0.1, 0.15) is 5.75 Å². The van der Waals surface area contributed by atoms with Crippen molar-refractivity contribution in [2.75, 3.05) is 18.6 Å². The lowest BCUT2D eigenvalue weighted by Gasteiger charge is -2.11. The number of benzene rings is 1. The summed E-state index contributed by atoms with van der Waals surface area (Å²) in [5, 5.41) is 3.45. The Kier molecular flexibility index (Phi) is 7.13. The van der Waals surface area contributed by atoms with Crippen LogP contribution in [0.5, 0.6) is 5.75 Å². The number of thioether (sulfide) groups is 1. The molecule has 0 unspecified atom stereocenters. The van der Waals surface area contributed by atoms with Gasteiger partial charge in [-0.2, -0.15) is 11.8 Å². The average molecular weight is 253 g/mol. The zero-order chi connectivity index (χ0) is 12.5. The first-order valence-electron chi connectivity index (χ1n) is 6.17. The van der Waals surface area contributed by atoms with Crippen molar-refractivity contribution in [3.63, 3.8) is 0 Å². The van der Waals surface area contributed by atoms with Crippen molar-refractivity contribution in [3.8, 4) is 5.75 Å². The van der Waals surface area contributed by atoms with Gasteiger partial charge in [-0.1, -0.05) is 12.1 Å². The lowest BCUT2D eigenvalue weighted by molar-refractivity contribution is 0.242. The fourth-order valence-corrected chi connectivity index (χ4v) is 2.01. The Morgan fingerprint density at radius 1 is 1.35 bits per heavy atom. The smallest absolute Gasteiger partial charge is 0.120 e. The number of hydrogen-bond donors (Lipinski definition) is 1. The summed E-state index contributed by atoms with van der Waals surface area (Å²) in [6, 6.07) is 8.31. The molecule has 17 heavy (non-hydrogen) atoms. The zero-order valence-corrected chi connectivity index (χ0v) is 11.8. The fraction of sp³-hybridized carbons (Fsp3) is 0.571. The summed E-state index contributed by atoms with van der Waals surface area (Å²) in [5.41, 5.74) is 1.28. The Morgan fingerprint density at radius 3 is 2.88 bits per heavy atom. The second kappa shape index (κ2) is 8.43. The summed E-state index contributed by atoms with van der Waals surface area (Å²) in [7, 11) is 0. The predicted octanol–water partition coefficient (Wildman–Crippen LogP) is 3.32. The topological polar surface area (TPSA) is 21.3 Å². The molecule has 2 nitrogen and oxygen atoms in total. The van der Waals surface area contributed by atoms with E-state index in [9.17, 15) is 0 Å². The molecule has 0 aliphatic heterocycles. The number of hydrogen-bond acceptors (Lipinski definition) is 3. The van der Waals surface area contributed by atoms with Gasteiger partial charge < -0.3 is 10.1 Å². The highest BCUT2D eigenvalue weighted by atomic mass is 32.2. The largest absolute Gasteiger partial charge is 0.491 e. The minimum atomic E-state index is 0.236. The van der Waals surface area contributed by atoms with E-state index < -0.39 is 0 Å². The summed E-state index contributed by atoms with van der Waals surface area (Å²) in [4.78, 5) is 0. The van der Waals surface area contributed by atoms with E-state index in [4.69, 9.17) is 4.74 Å². The fourth-order valence-electron chi connectivity index (χ4n) is 1.58. The van der Waals surface area contributed by atoms with Gasteiger partial charge in [0.15, 0.2) is 0 Å². The van der Waals surface area contributed by atoms with Crippen LogP contribution in [-0.2, 0) is 6.54 Å². The first-order valence-corrected chi connectivity index (χ1v) is 7.57. The molecule has 1 aromatic rings. The van der Waals surface area contributed by atoms with Crippen molar-refractivity contribution in [2.24, 2.45) is 0 Å². The van der Waals surface area contributed by atoms with E-state index in [0.717, 1.165) is 18.8 Å². The van der Waals surface area contributed by atoms with Crippen molar-refractivity contribution in [2.45, 2.75) is 32.9 Å². The van der Waals surface area contributed by atoms with Crippen LogP contribution in [0.3, 0.4) is 0 Å².